The molecule has 0 aliphatic heterocycles. The molecule has 8 nitrogen and oxygen atoms in total. The van der Waals surface area contributed by atoms with Crippen LogP contribution in [0.25, 0.3) is 10.9 Å². The van der Waals surface area contributed by atoms with Crippen LogP contribution in [0.1, 0.15) is 24.2 Å². The van der Waals surface area contributed by atoms with Crippen LogP contribution in [0.5, 0.6) is 5.75 Å². The molecule has 0 radical (unpaired) electrons. The minimum absolute atomic E-state index is 0.244. The van der Waals surface area contributed by atoms with Gasteiger partial charge in [0, 0.05) is 5.39 Å². The molecular weight excluding hydrogens is 304 g/mol. The smallest absolute Gasteiger partial charge is 0.322 e. The van der Waals surface area contributed by atoms with Crippen LogP contribution in [0, 0.1) is 0 Å². The summed E-state index contributed by atoms with van der Waals surface area (Å²) < 4.78 is 0.926. The second kappa shape index (κ2) is 6.39. The van der Waals surface area contributed by atoms with Crippen LogP contribution in [0.4, 0.5) is 0 Å². The molecule has 0 fully saturated rings. The van der Waals surface area contributed by atoms with Crippen LogP contribution in [-0.4, -0.2) is 39.5 Å². The number of hydrogen-bond donors (Lipinski definition) is 3. The fourth-order valence-corrected chi connectivity index (χ4v) is 2.06. The number of aliphatic carboxylic acids is 1. The van der Waals surface area contributed by atoms with Crippen LogP contribution in [0.2, 0.25) is 0 Å². The number of nitrogens with one attached hydrogen (secondary N) is 1. The first kappa shape index (κ1) is 16.3. The predicted octanol–water partition coefficient (Wildman–Crippen LogP) is 0.359. The first-order valence-corrected chi connectivity index (χ1v) is 6.86. The van der Waals surface area contributed by atoms with E-state index < -0.39 is 35.3 Å². The van der Waals surface area contributed by atoms with E-state index in [2.05, 4.69) is 5.32 Å². The Hall–Kier alpha value is -3.03. The summed E-state index contributed by atoms with van der Waals surface area (Å²) in [4.78, 5) is 40.5. The molecule has 0 unspecified atom stereocenters. The summed E-state index contributed by atoms with van der Waals surface area (Å²) >= 11 is 0. The van der Waals surface area contributed by atoms with E-state index >= 15 is 0 Å². The van der Waals surface area contributed by atoms with Crippen molar-refractivity contribution in [2.75, 3.05) is 6.54 Å². The fourth-order valence-electron chi connectivity index (χ4n) is 2.06. The highest BCUT2D eigenvalue weighted by Crippen LogP contribution is 2.25. The number of carboxylic acid groups (broad SMARTS) is 1. The number of para-hydroxylation sites is 1. The molecular formula is C15H16N2O6. The highest BCUT2D eigenvalue weighted by Gasteiger charge is 2.23. The van der Waals surface area contributed by atoms with Crippen LogP contribution in [-0.2, 0) is 4.79 Å². The second-order valence-corrected chi connectivity index (χ2v) is 5.07. The zero-order valence-corrected chi connectivity index (χ0v) is 12.6. The minimum Gasteiger partial charge on any atom is -0.506 e. The molecule has 0 bridgehead atoms. The Kier molecular flexibility index (Phi) is 4.54. The van der Waals surface area contributed by atoms with E-state index in [0.29, 0.717) is 5.52 Å². The lowest BCUT2D eigenvalue weighted by atomic mass is 10.1. The van der Waals surface area contributed by atoms with Gasteiger partial charge in [0.25, 0.3) is 11.5 Å². The molecule has 1 heterocycles. The molecule has 23 heavy (non-hydrogen) atoms. The molecule has 3 N–H and O–H groups in total. The molecule has 1 aromatic heterocycles. The van der Waals surface area contributed by atoms with Gasteiger partial charge >= 0.3 is 5.97 Å². The van der Waals surface area contributed by atoms with E-state index in [1.54, 1.807) is 32.0 Å². The number of carboxylic acids is 1. The topological polar surface area (TPSA) is 118 Å². The molecule has 0 saturated heterocycles. The van der Waals surface area contributed by atoms with Gasteiger partial charge in [-0.25, -0.2) is 0 Å². The van der Waals surface area contributed by atoms with E-state index in [1.165, 1.54) is 6.07 Å². The minimum atomic E-state index is -1.27. The number of carbonyl (C=O) groups excluding carboxylic acids is 1. The molecule has 0 spiro atoms. The number of fused-ring (bicyclic) bond motifs is 1. The fraction of sp³-hybridized carbons (Fsp3) is 0.267. The lowest BCUT2D eigenvalue weighted by molar-refractivity contribution is -0.135. The molecule has 1 amide bonds. The first-order valence-electron chi connectivity index (χ1n) is 6.86. The molecule has 1 aromatic carbocycles. The van der Waals surface area contributed by atoms with E-state index in [9.17, 15) is 19.5 Å². The van der Waals surface area contributed by atoms with Crippen LogP contribution in [0.15, 0.2) is 29.1 Å². The summed E-state index contributed by atoms with van der Waals surface area (Å²) in [5, 5.41) is 21.2. The summed E-state index contributed by atoms with van der Waals surface area (Å²) in [6, 6.07) is 6.38. The van der Waals surface area contributed by atoms with Gasteiger partial charge in [-0.2, -0.15) is 0 Å². The maximum absolute atomic E-state index is 12.5. The zero-order valence-electron chi connectivity index (χ0n) is 12.6. The number of nitrogens with zero attached hydrogens (tertiary/aromatic N) is 1. The number of hydrogen-bond acceptors (Lipinski definition) is 5. The first-order chi connectivity index (χ1) is 10.8. The molecule has 0 saturated carbocycles. The second-order valence-electron chi connectivity index (χ2n) is 5.07. The third kappa shape index (κ3) is 3.25. The molecule has 0 aliphatic carbocycles. The summed E-state index contributed by atoms with van der Waals surface area (Å²) in [7, 11) is 0. The van der Waals surface area contributed by atoms with Crippen molar-refractivity contribution in [1.82, 2.24) is 10.0 Å². The van der Waals surface area contributed by atoms with Gasteiger partial charge in [0.05, 0.1) is 5.52 Å². The van der Waals surface area contributed by atoms with Gasteiger partial charge < -0.3 is 20.4 Å². The Morgan fingerprint density at radius 1 is 1.30 bits per heavy atom. The number of benzene rings is 1. The van der Waals surface area contributed by atoms with Crippen molar-refractivity contribution in [2.24, 2.45) is 0 Å². The van der Waals surface area contributed by atoms with Gasteiger partial charge in [0.15, 0.2) is 5.56 Å². The summed E-state index contributed by atoms with van der Waals surface area (Å²) in [5.74, 6) is -2.77. The third-order valence-corrected chi connectivity index (χ3v) is 2.96. The lowest BCUT2D eigenvalue weighted by Gasteiger charge is -2.17. The Balaban J connectivity index is 2.67. The predicted molar refractivity (Wildman–Crippen MR) is 81.6 cm³/mol. The lowest BCUT2D eigenvalue weighted by Crippen LogP contribution is -2.38. The van der Waals surface area contributed by atoms with Crippen molar-refractivity contribution in [3.8, 4) is 5.75 Å². The normalized spacial score (nSPS) is 10.7. The highest BCUT2D eigenvalue weighted by atomic mass is 16.7. The Labute approximate surface area is 130 Å². The Bertz CT molecular complexity index is 825. The SMILES string of the molecule is CC(C)On1c(=O)c(C(=O)NCC(=O)O)c(O)c2ccccc21. The van der Waals surface area contributed by atoms with Crippen LogP contribution >= 0.6 is 0 Å². The molecule has 2 aromatic rings. The number of aromatic hydroxyl groups is 1. The van der Waals surface area contributed by atoms with E-state index in [-0.39, 0.29) is 11.5 Å². The number of aromatic nitrogens is 1. The standard InChI is InChI=1S/C15H16N2O6/c1-8(2)23-17-10-6-4-3-5-9(10)13(20)12(15(17)22)14(21)16-7-11(18)19/h3-6,8,20H,7H2,1-2H3,(H,16,21)(H,18,19). The number of amides is 1. The monoisotopic (exact) mass is 320 g/mol. The van der Waals surface area contributed by atoms with Crippen LogP contribution in [0.3, 0.4) is 0 Å². The van der Waals surface area contributed by atoms with Crippen LogP contribution < -0.4 is 15.7 Å². The largest absolute Gasteiger partial charge is 0.506 e. The average molecular weight is 320 g/mol. The maximum Gasteiger partial charge on any atom is 0.322 e. The Morgan fingerprint density at radius 3 is 2.57 bits per heavy atom. The van der Waals surface area contributed by atoms with Crippen molar-refractivity contribution >= 4 is 22.8 Å². The summed E-state index contributed by atoms with van der Waals surface area (Å²) in [6.45, 7) is 2.74. The molecule has 0 aliphatic rings. The average Bonchev–Trinajstić information content (AvgIpc) is 2.49. The van der Waals surface area contributed by atoms with E-state index in [4.69, 9.17) is 9.94 Å². The van der Waals surface area contributed by atoms with Gasteiger partial charge in [-0.05, 0) is 26.0 Å². The van der Waals surface area contributed by atoms with Gasteiger partial charge in [-0.3, -0.25) is 14.4 Å². The van der Waals surface area contributed by atoms with Crippen molar-refractivity contribution in [3.63, 3.8) is 0 Å². The summed E-state index contributed by atoms with van der Waals surface area (Å²) in [5.41, 5.74) is -1.12. The van der Waals surface area contributed by atoms with Crippen molar-refractivity contribution in [1.29, 1.82) is 0 Å². The zero-order chi connectivity index (χ0) is 17.1. The molecule has 8 heteroatoms. The number of carbonyl (C=O) groups is 2. The van der Waals surface area contributed by atoms with Gasteiger partial charge in [-0.15, -0.1) is 4.73 Å². The van der Waals surface area contributed by atoms with Crippen molar-refractivity contribution in [3.05, 3.63) is 40.2 Å². The number of pyridine rings is 1. The van der Waals surface area contributed by atoms with Crippen molar-refractivity contribution < 1.29 is 24.6 Å². The van der Waals surface area contributed by atoms with E-state index in [0.717, 1.165) is 4.73 Å². The quantitative estimate of drug-likeness (QED) is 0.732. The summed E-state index contributed by atoms with van der Waals surface area (Å²) in [6.07, 6.45) is -0.351. The van der Waals surface area contributed by atoms with Gasteiger partial charge in [0.2, 0.25) is 0 Å². The van der Waals surface area contributed by atoms with E-state index in [1.807, 2.05) is 0 Å². The molecule has 2 rings (SSSR count). The van der Waals surface area contributed by atoms with Gasteiger partial charge in [-0.1, -0.05) is 12.1 Å². The third-order valence-electron chi connectivity index (χ3n) is 2.96. The highest BCUT2D eigenvalue weighted by molar-refractivity contribution is 6.02. The molecule has 0 atom stereocenters. The number of rotatable bonds is 5. The van der Waals surface area contributed by atoms with Crippen molar-refractivity contribution in [2.45, 2.75) is 20.0 Å². The van der Waals surface area contributed by atoms with Gasteiger partial charge in [0.1, 0.15) is 18.4 Å². The maximum atomic E-state index is 12.5. The Morgan fingerprint density at radius 2 is 1.96 bits per heavy atom. The molecule has 122 valence electrons.